The smallest absolute Gasteiger partial charge is 0.228 e. The highest BCUT2D eigenvalue weighted by Crippen LogP contribution is 2.34. The summed E-state index contributed by atoms with van der Waals surface area (Å²) in [6.45, 7) is 5.94. The summed E-state index contributed by atoms with van der Waals surface area (Å²) in [6, 6.07) is 5.37. The van der Waals surface area contributed by atoms with Crippen molar-refractivity contribution in [2.45, 2.75) is 33.1 Å². The fraction of sp³-hybridized carbons (Fsp3) is 0.579. The van der Waals surface area contributed by atoms with Gasteiger partial charge in [-0.3, -0.25) is 9.59 Å². The number of benzene rings is 1. The molecular weight excluding hydrogens is 320 g/mol. The van der Waals surface area contributed by atoms with Crippen LogP contribution in [0.25, 0.3) is 0 Å². The van der Waals surface area contributed by atoms with Crippen LogP contribution in [0.3, 0.4) is 0 Å². The number of amides is 2. The average Bonchev–Trinajstić information content (AvgIpc) is 3.03. The summed E-state index contributed by atoms with van der Waals surface area (Å²) in [5.41, 5.74) is 0.731. The van der Waals surface area contributed by atoms with E-state index in [1.807, 2.05) is 17.9 Å². The number of hydrogen-bond donors (Lipinski definition) is 0. The first-order valence-corrected chi connectivity index (χ1v) is 8.86. The van der Waals surface area contributed by atoms with Gasteiger partial charge < -0.3 is 19.3 Å². The van der Waals surface area contributed by atoms with Gasteiger partial charge in [-0.05, 0) is 25.5 Å². The number of carbonyl (C=O) groups excluding carboxylic acids is 2. The number of anilines is 1. The van der Waals surface area contributed by atoms with Crippen molar-refractivity contribution in [3.05, 3.63) is 18.2 Å². The van der Waals surface area contributed by atoms with Gasteiger partial charge in [-0.1, -0.05) is 13.3 Å². The number of rotatable bonds is 8. The summed E-state index contributed by atoms with van der Waals surface area (Å²) >= 11 is 0. The number of ether oxygens (including phenoxy) is 2. The zero-order valence-electron chi connectivity index (χ0n) is 15.6. The summed E-state index contributed by atoms with van der Waals surface area (Å²) in [7, 11) is 3.13. The molecule has 6 heteroatoms. The maximum absolute atomic E-state index is 12.7. The molecule has 2 amide bonds. The molecule has 1 saturated heterocycles. The van der Waals surface area contributed by atoms with E-state index in [-0.39, 0.29) is 24.2 Å². The van der Waals surface area contributed by atoms with E-state index in [4.69, 9.17) is 9.47 Å². The Morgan fingerprint density at radius 2 is 1.96 bits per heavy atom. The molecule has 1 aromatic carbocycles. The van der Waals surface area contributed by atoms with Crippen LogP contribution in [-0.2, 0) is 9.59 Å². The highest BCUT2D eigenvalue weighted by atomic mass is 16.5. The predicted octanol–water partition coefficient (Wildman–Crippen LogP) is 2.71. The molecule has 1 fully saturated rings. The van der Waals surface area contributed by atoms with Crippen LogP contribution in [0.15, 0.2) is 18.2 Å². The lowest BCUT2D eigenvalue weighted by Gasteiger charge is -2.24. The molecule has 1 unspecified atom stereocenters. The minimum atomic E-state index is -0.280. The summed E-state index contributed by atoms with van der Waals surface area (Å²) in [6.07, 6.45) is 2.29. The maximum atomic E-state index is 12.7. The van der Waals surface area contributed by atoms with Gasteiger partial charge in [0.15, 0.2) is 11.5 Å². The van der Waals surface area contributed by atoms with Crippen molar-refractivity contribution in [3.63, 3.8) is 0 Å². The van der Waals surface area contributed by atoms with Crippen LogP contribution in [0.1, 0.15) is 33.1 Å². The molecule has 1 aromatic rings. The van der Waals surface area contributed by atoms with E-state index in [1.165, 1.54) is 0 Å². The van der Waals surface area contributed by atoms with Crippen LogP contribution in [-0.4, -0.2) is 50.6 Å². The van der Waals surface area contributed by atoms with Crippen molar-refractivity contribution in [1.29, 1.82) is 0 Å². The molecule has 2 rings (SSSR count). The van der Waals surface area contributed by atoms with Crippen molar-refractivity contribution < 1.29 is 19.1 Å². The molecule has 138 valence electrons. The van der Waals surface area contributed by atoms with E-state index in [1.54, 1.807) is 31.3 Å². The largest absolute Gasteiger partial charge is 0.493 e. The van der Waals surface area contributed by atoms with Crippen LogP contribution >= 0.6 is 0 Å². The SMILES string of the molecule is CCCCN(CC)C(=O)C1CC(=O)N(c2ccc(OC)c(OC)c2)C1. The molecule has 1 atom stereocenters. The minimum Gasteiger partial charge on any atom is -0.493 e. The molecule has 1 aliphatic heterocycles. The molecule has 0 spiro atoms. The molecule has 25 heavy (non-hydrogen) atoms. The quantitative estimate of drug-likeness (QED) is 0.725. The first kappa shape index (κ1) is 19.1. The molecule has 0 bridgehead atoms. The second-order valence-corrected chi connectivity index (χ2v) is 6.22. The molecular formula is C19H28N2O4. The zero-order valence-corrected chi connectivity index (χ0v) is 15.6. The van der Waals surface area contributed by atoms with E-state index < -0.39 is 0 Å². The zero-order chi connectivity index (χ0) is 18.4. The lowest BCUT2D eigenvalue weighted by Crippen LogP contribution is -2.38. The Labute approximate surface area is 149 Å². The second-order valence-electron chi connectivity index (χ2n) is 6.22. The summed E-state index contributed by atoms with van der Waals surface area (Å²) < 4.78 is 10.5. The van der Waals surface area contributed by atoms with Crippen LogP contribution < -0.4 is 14.4 Å². The van der Waals surface area contributed by atoms with E-state index in [0.717, 1.165) is 25.1 Å². The van der Waals surface area contributed by atoms with E-state index in [0.29, 0.717) is 24.6 Å². The van der Waals surface area contributed by atoms with Gasteiger partial charge in [-0.2, -0.15) is 0 Å². The fourth-order valence-electron chi connectivity index (χ4n) is 3.15. The maximum Gasteiger partial charge on any atom is 0.228 e. The third-order valence-electron chi connectivity index (χ3n) is 4.63. The second kappa shape index (κ2) is 8.74. The van der Waals surface area contributed by atoms with E-state index >= 15 is 0 Å². The Balaban J connectivity index is 2.13. The molecule has 0 radical (unpaired) electrons. The Hall–Kier alpha value is -2.24. The molecule has 1 aliphatic rings. The first-order chi connectivity index (χ1) is 12.0. The lowest BCUT2D eigenvalue weighted by molar-refractivity contribution is -0.135. The van der Waals surface area contributed by atoms with Gasteiger partial charge in [0.1, 0.15) is 0 Å². The normalized spacial score (nSPS) is 16.9. The number of unbranched alkanes of at least 4 members (excludes halogenated alkanes) is 1. The molecule has 0 N–H and O–H groups in total. The average molecular weight is 348 g/mol. The topological polar surface area (TPSA) is 59.1 Å². The number of hydrogen-bond acceptors (Lipinski definition) is 4. The lowest BCUT2D eigenvalue weighted by atomic mass is 10.1. The summed E-state index contributed by atoms with van der Waals surface area (Å²) in [4.78, 5) is 28.7. The number of nitrogens with zero attached hydrogens (tertiary/aromatic N) is 2. The van der Waals surface area contributed by atoms with Gasteiger partial charge in [0.05, 0.1) is 20.1 Å². The standard InChI is InChI=1S/C19H28N2O4/c1-5-7-10-20(6-2)19(23)14-11-18(22)21(13-14)15-8-9-16(24-3)17(12-15)25-4/h8-9,12,14H,5-7,10-11,13H2,1-4H3. The van der Waals surface area contributed by atoms with Crippen molar-refractivity contribution in [2.24, 2.45) is 5.92 Å². The highest BCUT2D eigenvalue weighted by Gasteiger charge is 2.37. The van der Waals surface area contributed by atoms with Crippen molar-refractivity contribution in [2.75, 3.05) is 38.8 Å². The van der Waals surface area contributed by atoms with E-state index in [9.17, 15) is 9.59 Å². The van der Waals surface area contributed by atoms with Gasteiger partial charge in [0.25, 0.3) is 0 Å². The fourth-order valence-corrected chi connectivity index (χ4v) is 3.15. The monoisotopic (exact) mass is 348 g/mol. The van der Waals surface area contributed by atoms with Gasteiger partial charge in [0, 0.05) is 37.8 Å². The Bertz CT molecular complexity index is 617. The van der Waals surface area contributed by atoms with Crippen LogP contribution in [0, 0.1) is 5.92 Å². The molecule has 6 nitrogen and oxygen atoms in total. The van der Waals surface area contributed by atoms with Crippen molar-refractivity contribution in [3.8, 4) is 11.5 Å². The Morgan fingerprint density at radius 3 is 2.56 bits per heavy atom. The van der Waals surface area contributed by atoms with Crippen LogP contribution in [0.2, 0.25) is 0 Å². The van der Waals surface area contributed by atoms with Crippen LogP contribution in [0.5, 0.6) is 11.5 Å². The highest BCUT2D eigenvalue weighted by molar-refractivity contribution is 6.00. The van der Waals surface area contributed by atoms with Gasteiger partial charge >= 0.3 is 0 Å². The van der Waals surface area contributed by atoms with Crippen molar-refractivity contribution in [1.82, 2.24) is 4.90 Å². The molecule has 1 heterocycles. The van der Waals surface area contributed by atoms with Gasteiger partial charge in [-0.15, -0.1) is 0 Å². The molecule has 0 saturated carbocycles. The number of carbonyl (C=O) groups is 2. The predicted molar refractivity (Wildman–Crippen MR) is 97.2 cm³/mol. The van der Waals surface area contributed by atoms with Crippen LogP contribution in [0.4, 0.5) is 5.69 Å². The minimum absolute atomic E-state index is 0.0304. The van der Waals surface area contributed by atoms with Crippen molar-refractivity contribution >= 4 is 17.5 Å². The third-order valence-corrected chi connectivity index (χ3v) is 4.63. The number of methoxy groups -OCH3 is 2. The Morgan fingerprint density at radius 1 is 1.24 bits per heavy atom. The van der Waals surface area contributed by atoms with E-state index in [2.05, 4.69) is 6.92 Å². The Kier molecular flexibility index (Phi) is 6.67. The molecule has 0 aliphatic carbocycles. The van der Waals surface area contributed by atoms with Gasteiger partial charge in [0.2, 0.25) is 11.8 Å². The third kappa shape index (κ3) is 4.24. The summed E-state index contributed by atoms with van der Waals surface area (Å²) in [5, 5.41) is 0. The van der Waals surface area contributed by atoms with Gasteiger partial charge in [-0.25, -0.2) is 0 Å². The summed E-state index contributed by atoms with van der Waals surface area (Å²) in [5.74, 6) is 0.949. The molecule has 0 aromatic heterocycles. The first-order valence-electron chi connectivity index (χ1n) is 8.86.